The van der Waals surface area contributed by atoms with Crippen LogP contribution in [0.25, 0.3) is 0 Å². The normalized spacial score (nSPS) is 12.5. The largest absolute Gasteiger partial charge is 0.350 e. The van der Waals surface area contributed by atoms with Crippen LogP contribution < -0.4 is 9.62 Å². The molecule has 1 N–H and O–H groups in total. The van der Waals surface area contributed by atoms with Crippen LogP contribution >= 0.6 is 11.6 Å². The van der Waals surface area contributed by atoms with Crippen LogP contribution in [0.3, 0.4) is 0 Å². The molecule has 0 spiro atoms. The minimum atomic E-state index is -4.16. The van der Waals surface area contributed by atoms with E-state index in [1.807, 2.05) is 58.0 Å². The molecule has 2 amide bonds. The fraction of sp³-hybridized carbons (Fsp3) is 0.333. The summed E-state index contributed by atoms with van der Waals surface area (Å²) in [5, 5.41) is 3.11. The third-order valence-electron chi connectivity index (χ3n) is 6.16. The molecular weight excluding hydrogens is 534 g/mol. The molecule has 0 aliphatic rings. The number of sulfonamides is 1. The van der Waals surface area contributed by atoms with Crippen LogP contribution in [0, 0.1) is 6.92 Å². The van der Waals surface area contributed by atoms with Crippen molar-refractivity contribution >= 4 is 39.1 Å². The maximum Gasteiger partial charge on any atom is 0.264 e. The quantitative estimate of drug-likeness (QED) is 0.363. The van der Waals surface area contributed by atoms with Gasteiger partial charge >= 0.3 is 0 Å². The molecule has 1 atom stereocenters. The third kappa shape index (κ3) is 8.07. The fourth-order valence-corrected chi connectivity index (χ4v) is 5.77. The number of carbonyl (C=O) groups excluding carboxylic acids is 2. The van der Waals surface area contributed by atoms with Gasteiger partial charge in [-0.1, -0.05) is 71.8 Å². The van der Waals surface area contributed by atoms with Crippen molar-refractivity contribution < 1.29 is 18.0 Å². The molecule has 208 valence electrons. The highest BCUT2D eigenvalue weighted by Crippen LogP contribution is 2.30. The molecule has 3 rings (SSSR count). The van der Waals surface area contributed by atoms with Gasteiger partial charge in [-0.2, -0.15) is 0 Å². The lowest BCUT2D eigenvalue weighted by molar-refractivity contribution is -0.139. The Hall–Kier alpha value is -3.36. The first-order valence-corrected chi connectivity index (χ1v) is 14.6. The number of hydrogen-bond donors (Lipinski definition) is 1. The Morgan fingerprint density at radius 3 is 2.10 bits per heavy atom. The van der Waals surface area contributed by atoms with Crippen LogP contribution in [0.2, 0.25) is 5.02 Å². The first-order chi connectivity index (χ1) is 18.3. The summed E-state index contributed by atoms with van der Waals surface area (Å²) in [6.45, 7) is 8.80. The van der Waals surface area contributed by atoms with E-state index in [4.69, 9.17) is 11.6 Å². The topological polar surface area (TPSA) is 86.8 Å². The zero-order valence-corrected chi connectivity index (χ0v) is 24.6. The lowest BCUT2D eigenvalue weighted by Crippen LogP contribution is -2.55. The minimum Gasteiger partial charge on any atom is -0.350 e. The summed E-state index contributed by atoms with van der Waals surface area (Å²) in [6, 6.07) is 21.7. The predicted molar refractivity (Wildman–Crippen MR) is 156 cm³/mol. The zero-order valence-electron chi connectivity index (χ0n) is 23.0. The Morgan fingerprint density at radius 2 is 1.51 bits per heavy atom. The van der Waals surface area contributed by atoms with Gasteiger partial charge in [-0.3, -0.25) is 13.9 Å². The summed E-state index contributed by atoms with van der Waals surface area (Å²) in [5.74, 6) is -0.840. The highest BCUT2D eigenvalue weighted by atomic mass is 35.5. The number of amides is 2. The third-order valence-corrected chi connectivity index (χ3v) is 8.25. The minimum absolute atomic E-state index is 0.0372. The van der Waals surface area contributed by atoms with Crippen LogP contribution in [-0.4, -0.2) is 49.8 Å². The van der Waals surface area contributed by atoms with E-state index >= 15 is 0 Å². The van der Waals surface area contributed by atoms with E-state index < -0.39 is 34.1 Å². The molecule has 0 unspecified atom stereocenters. The number of anilines is 1. The molecule has 9 heteroatoms. The number of para-hydroxylation sites is 1. The molecular formula is C30H36ClN3O4S. The first-order valence-electron chi connectivity index (χ1n) is 12.8. The first kappa shape index (κ1) is 30.2. The van der Waals surface area contributed by atoms with Crippen LogP contribution in [0.15, 0.2) is 83.8 Å². The Morgan fingerprint density at radius 1 is 0.923 bits per heavy atom. The summed E-state index contributed by atoms with van der Waals surface area (Å²) in [4.78, 5) is 28.5. The number of halogens is 1. The number of hydrogen-bond acceptors (Lipinski definition) is 4. The van der Waals surface area contributed by atoms with E-state index in [0.29, 0.717) is 6.42 Å². The number of rotatable bonds is 10. The highest BCUT2D eigenvalue weighted by Gasteiger charge is 2.33. The monoisotopic (exact) mass is 569 g/mol. The van der Waals surface area contributed by atoms with Gasteiger partial charge in [0.25, 0.3) is 10.0 Å². The lowest BCUT2D eigenvalue weighted by atomic mass is 10.1. The van der Waals surface area contributed by atoms with Crippen molar-refractivity contribution in [2.24, 2.45) is 0 Å². The zero-order chi connectivity index (χ0) is 28.8. The van der Waals surface area contributed by atoms with Gasteiger partial charge in [-0.05, 0) is 70.9 Å². The molecule has 0 aliphatic carbocycles. The van der Waals surface area contributed by atoms with Gasteiger partial charge in [0.2, 0.25) is 11.8 Å². The lowest BCUT2D eigenvalue weighted by Gasteiger charge is -2.33. The molecule has 7 nitrogen and oxygen atoms in total. The van der Waals surface area contributed by atoms with Gasteiger partial charge in [-0.25, -0.2) is 8.42 Å². The Balaban J connectivity index is 1.99. The Bertz CT molecular complexity index is 1390. The number of benzene rings is 3. The second-order valence-electron chi connectivity index (χ2n) is 10.5. The molecule has 0 saturated carbocycles. The van der Waals surface area contributed by atoms with Crippen molar-refractivity contribution in [2.75, 3.05) is 17.4 Å². The SMILES string of the molecule is Cc1ccc(S(=O)(=O)N(CC(=O)N(CCc2ccccc2)[C@H](C)C(=O)NC(C)(C)C)c2ccccc2Cl)cc1. The molecule has 3 aromatic carbocycles. The van der Waals surface area contributed by atoms with Crippen molar-refractivity contribution in [3.63, 3.8) is 0 Å². The second-order valence-corrected chi connectivity index (χ2v) is 12.8. The van der Waals surface area contributed by atoms with Gasteiger partial charge in [0.15, 0.2) is 0 Å². The fourth-order valence-electron chi connectivity index (χ4n) is 4.05. The van der Waals surface area contributed by atoms with Gasteiger partial charge < -0.3 is 10.2 Å². The van der Waals surface area contributed by atoms with Crippen LogP contribution in [0.5, 0.6) is 0 Å². The predicted octanol–water partition coefficient (Wildman–Crippen LogP) is 5.22. The molecule has 0 saturated heterocycles. The molecule has 0 heterocycles. The Labute approximate surface area is 236 Å². The smallest absolute Gasteiger partial charge is 0.264 e. The van der Waals surface area contributed by atoms with E-state index in [-0.39, 0.29) is 28.1 Å². The van der Waals surface area contributed by atoms with Crippen molar-refractivity contribution in [3.05, 3.63) is 95.0 Å². The molecule has 0 radical (unpaired) electrons. The molecule has 3 aromatic rings. The van der Waals surface area contributed by atoms with E-state index in [9.17, 15) is 18.0 Å². The van der Waals surface area contributed by atoms with E-state index in [1.54, 1.807) is 43.3 Å². The summed E-state index contributed by atoms with van der Waals surface area (Å²) < 4.78 is 28.7. The Kier molecular flexibility index (Phi) is 9.80. The molecule has 0 aliphatic heterocycles. The van der Waals surface area contributed by atoms with Gasteiger partial charge in [-0.15, -0.1) is 0 Å². The average molecular weight is 570 g/mol. The number of nitrogens with zero attached hydrogens (tertiary/aromatic N) is 2. The maximum absolute atomic E-state index is 13.9. The molecule has 0 fully saturated rings. The number of aryl methyl sites for hydroxylation is 1. The van der Waals surface area contributed by atoms with Gasteiger partial charge in [0.1, 0.15) is 12.6 Å². The summed E-state index contributed by atoms with van der Waals surface area (Å²) in [6.07, 6.45) is 0.497. The van der Waals surface area contributed by atoms with Gasteiger partial charge in [0, 0.05) is 12.1 Å². The summed E-state index contributed by atoms with van der Waals surface area (Å²) in [5.41, 5.74) is 1.58. The van der Waals surface area contributed by atoms with Gasteiger partial charge in [0.05, 0.1) is 15.6 Å². The summed E-state index contributed by atoms with van der Waals surface area (Å²) in [7, 11) is -4.16. The molecule has 0 aromatic heterocycles. The summed E-state index contributed by atoms with van der Waals surface area (Å²) >= 11 is 6.43. The second kappa shape index (κ2) is 12.7. The van der Waals surface area contributed by atoms with E-state index in [1.165, 1.54) is 17.0 Å². The van der Waals surface area contributed by atoms with E-state index in [2.05, 4.69) is 5.32 Å². The maximum atomic E-state index is 13.9. The van der Waals surface area contributed by atoms with Crippen molar-refractivity contribution in [3.8, 4) is 0 Å². The van der Waals surface area contributed by atoms with Crippen molar-refractivity contribution in [1.29, 1.82) is 0 Å². The molecule has 0 bridgehead atoms. The average Bonchev–Trinajstić information content (AvgIpc) is 2.87. The number of nitrogens with one attached hydrogen (secondary N) is 1. The van der Waals surface area contributed by atoms with Crippen molar-refractivity contribution in [2.45, 2.75) is 57.5 Å². The number of carbonyl (C=O) groups is 2. The van der Waals surface area contributed by atoms with Crippen LogP contribution in [-0.2, 0) is 26.0 Å². The van der Waals surface area contributed by atoms with Crippen LogP contribution in [0.4, 0.5) is 5.69 Å². The molecule has 39 heavy (non-hydrogen) atoms. The standard InChI is InChI=1S/C30H36ClN3O4S/c1-22-15-17-25(18-16-22)39(37,38)34(27-14-10-9-13-26(27)31)21-28(35)33(20-19-24-11-7-6-8-12-24)23(2)29(36)32-30(3,4)5/h6-18,23H,19-21H2,1-5H3,(H,32,36)/t23-/m1/s1. The highest BCUT2D eigenvalue weighted by molar-refractivity contribution is 7.92. The van der Waals surface area contributed by atoms with Crippen LogP contribution in [0.1, 0.15) is 38.8 Å². The van der Waals surface area contributed by atoms with Crippen molar-refractivity contribution in [1.82, 2.24) is 10.2 Å². The van der Waals surface area contributed by atoms with E-state index in [0.717, 1.165) is 15.4 Å².